The Kier molecular flexibility index (Phi) is 3.95. The molecule has 1 saturated carbocycles. The number of aryl methyl sites for hydroxylation is 1. The third kappa shape index (κ3) is 3.05. The Labute approximate surface area is 149 Å². The number of nitrogens with one attached hydrogen (secondary N) is 3. The summed E-state index contributed by atoms with van der Waals surface area (Å²) in [4.78, 5) is 24.0. The van der Waals surface area contributed by atoms with Crippen LogP contribution in [0.3, 0.4) is 0 Å². The van der Waals surface area contributed by atoms with Gasteiger partial charge in [0.2, 0.25) is 5.91 Å². The molecule has 3 N–H and O–H groups in total. The zero-order valence-corrected chi connectivity index (χ0v) is 14.4. The number of ether oxygens (including phenoxy) is 1. The summed E-state index contributed by atoms with van der Waals surface area (Å²) >= 11 is 0. The molecule has 3 aromatic rings. The number of carbonyl (C=O) groups is 1. The summed E-state index contributed by atoms with van der Waals surface area (Å²) < 4.78 is 19.1. The van der Waals surface area contributed by atoms with Gasteiger partial charge in [0, 0.05) is 12.0 Å². The van der Waals surface area contributed by atoms with Crippen LogP contribution in [0, 0.1) is 18.7 Å². The molecule has 1 amide bonds. The number of benzene rings is 1. The number of nitrogens with zero attached hydrogens (tertiary/aromatic N) is 2. The molecule has 0 saturated heterocycles. The summed E-state index contributed by atoms with van der Waals surface area (Å²) in [7, 11) is 1.41. The van der Waals surface area contributed by atoms with Crippen LogP contribution in [-0.2, 0) is 4.79 Å². The highest BCUT2D eigenvalue weighted by molar-refractivity contribution is 5.97. The van der Waals surface area contributed by atoms with Gasteiger partial charge in [0.1, 0.15) is 17.2 Å². The van der Waals surface area contributed by atoms with Gasteiger partial charge in [0.25, 0.3) is 0 Å². The first kappa shape index (κ1) is 16.3. The summed E-state index contributed by atoms with van der Waals surface area (Å²) in [6.07, 6.45) is 1.81. The second kappa shape index (κ2) is 6.29. The lowest BCUT2D eigenvalue weighted by Crippen LogP contribution is -2.14. The molecule has 134 valence electrons. The molecule has 0 spiro atoms. The van der Waals surface area contributed by atoms with Crippen molar-refractivity contribution >= 4 is 34.3 Å². The number of halogens is 1. The van der Waals surface area contributed by atoms with E-state index in [-0.39, 0.29) is 17.6 Å². The first-order chi connectivity index (χ1) is 12.5. The molecule has 7 nitrogen and oxygen atoms in total. The molecule has 8 heteroatoms. The van der Waals surface area contributed by atoms with E-state index in [9.17, 15) is 9.18 Å². The molecule has 0 bridgehead atoms. The number of fused-ring (bicyclic) bond motifs is 1. The van der Waals surface area contributed by atoms with Gasteiger partial charge in [-0.05, 0) is 31.9 Å². The number of pyridine rings is 1. The standard InChI is InChI=1S/C18H18FN5O2/c1-9-20-15-13(22-12-5-3-4-11(19)16(12)26-2)8-14(23-17(15)21-9)24-18(25)10-6-7-10/h3-5,8,10H,6-7H2,1-2H3,(H3,20,21,22,23,24,25). The minimum Gasteiger partial charge on any atom is -0.492 e. The maximum Gasteiger partial charge on any atom is 0.228 e. The lowest BCUT2D eigenvalue weighted by atomic mass is 10.2. The number of anilines is 3. The monoisotopic (exact) mass is 355 g/mol. The zero-order chi connectivity index (χ0) is 18.3. The third-order valence-electron chi connectivity index (χ3n) is 4.21. The summed E-state index contributed by atoms with van der Waals surface area (Å²) in [6, 6.07) is 6.31. The quantitative estimate of drug-likeness (QED) is 0.651. The molecule has 1 aliphatic carbocycles. The van der Waals surface area contributed by atoms with Crippen LogP contribution in [0.1, 0.15) is 18.7 Å². The van der Waals surface area contributed by atoms with E-state index >= 15 is 0 Å². The van der Waals surface area contributed by atoms with Crippen LogP contribution in [0.25, 0.3) is 11.2 Å². The molecule has 2 aromatic heterocycles. The molecule has 1 aliphatic rings. The Bertz CT molecular complexity index is 997. The van der Waals surface area contributed by atoms with Crippen molar-refractivity contribution in [2.75, 3.05) is 17.7 Å². The molecule has 1 aromatic carbocycles. The highest BCUT2D eigenvalue weighted by Gasteiger charge is 2.30. The highest BCUT2D eigenvalue weighted by atomic mass is 19.1. The average Bonchev–Trinajstić information content (AvgIpc) is 3.37. The van der Waals surface area contributed by atoms with E-state index in [1.807, 2.05) is 6.92 Å². The van der Waals surface area contributed by atoms with Gasteiger partial charge in [-0.15, -0.1) is 0 Å². The van der Waals surface area contributed by atoms with Gasteiger partial charge >= 0.3 is 0 Å². The number of rotatable bonds is 5. The number of H-pyrrole nitrogens is 1. The molecule has 26 heavy (non-hydrogen) atoms. The van der Waals surface area contributed by atoms with E-state index in [0.717, 1.165) is 12.8 Å². The Morgan fingerprint density at radius 1 is 1.31 bits per heavy atom. The van der Waals surface area contributed by atoms with Crippen molar-refractivity contribution in [1.82, 2.24) is 15.0 Å². The van der Waals surface area contributed by atoms with Gasteiger partial charge in [-0.2, -0.15) is 0 Å². The van der Waals surface area contributed by atoms with Crippen molar-refractivity contribution in [2.24, 2.45) is 5.92 Å². The third-order valence-corrected chi connectivity index (χ3v) is 4.21. The van der Waals surface area contributed by atoms with Crippen molar-refractivity contribution in [3.8, 4) is 5.75 Å². The Morgan fingerprint density at radius 3 is 2.85 bits per heavy atom. The molecular weight excluding hydrogens is 337 g/mol. The van der Waals surface area contributed by atoms with Gasteiger partial charge in [-0.25, -0.2) is 14.4 Å². The number of hydrogen-bond donors (Lipinski definition) is 3. The van der Waals surface area contributed by atoms with E-state index in [2.05, 4.69) is 25.6 Å². The number of aromatic amines is 1. The number of carbonyl (C=O) groups excluding carboxylic acids is 1. The highest BCUT2D eigenvalue weighted by Crippen LogP contribution is 2.34. The predicted molar refractivity (Wildman–Crippen MR) is 96.2 cm³/mol. The smallest absolute Gasteiger partial charge is 0.228 e. The molecule has 0 radical (unpaired) electrons. The zero-order valence-electron chi connectivity index (χ0n) is 14.4. The van der Waals surface area contributed by atoms with E-state index in [0.29, 0.717) is 34.2 Å². The fourth-order valence-corrected chi connectivity index (χ4v) is 2.80. The van der Waals surface area contributed by atoms with Crippen LogP contribution in [0.4, 0.5) is 21.6 Å². The van der Waals surface area contributed by atoms with Gasteiger partial charge < -0.3 is 20.4 Å². The van der Waals surface area contributed by atoms with Crippen LogP contribution in [-0.4, -0.2) is 28.0 Å². The first-order valence-corrected chi connectivity index (χ1v) is 8.33. The number of aromatic nitrogens is 3. The first-order valence-electron chi connectivity index (χ1n) is 8.33. The van der Waals surface area contributed by atoms with Crippen molar-refractivity contribution in [3.63, 3.8) is 0 Å². The van der Waals surface area contributed by atoms with Crippen molar-refractivity contribution in [3.05, 3.63) is 35.9 Å². The van der Waals surface area contributed by atoms with Crippen LogP contribution in [0.5, 0.6) is 5.75 Å². The number of amides is 1. The molecule has 2 heterocycles. The van der Waals surface area contributed by atoms with Gasteiger partial charge in [-0.3, -0.25) is 4.79 Å². The number of para-hydroxylation sites is 1. The second-order valence-electron chi connectivity index (χ2n) is 6.28. The Morgan fingerprint density at radius 2 is 2.12 bits per heavy atom. The van der Waals surface area contributed by atoms with E-state index in [4.69, 9.17) is 4.74 Å². The minimum atomic E-state index is -0.469. The van der Waals surface area contributed by atoms with Gasteiger partial charge in [0.05, 0.1) is 18.5 Å². The van der Waals surface area contributed by atoms with E-state index < -0.39 is 5.82 Å². The largest absolute Gasteiger partial charge is 0.492 e. The van der Waals surface area contributed by atoms with E-state index in [1.54, 1.807) is 18.2 Å². The average molecular weight is 355 g/mol. The second-order valence-corrected chi connectivity index (χ2v) is 6.28. The fraction of sp³-hybridized carbons (Fsp3) is 0.278. The summed E-state index contributed by atoms with van der Waals surface area (Å²) in [5.74, 6) is 0.762. The molecule has 0 aliphatic heterocycles. The van der Waals surface area contributed by atoms with Crippen LogP contribution < -0.4 is 15.4 Å². The molecule has 1 fully saturated rings. The van der Waals surface area contributed by atoms with Crippen LogP contribution in [0.15, 0.2) is 24.3 Å². The molecule has 4 rings (SSSR count). The maximum absolute atomic E-state index is 14.0. The lowest BCUT2D eigenvalue weighted by molar-refractivity contribution is -0.117. The van der Waals surface area contributed by atoms with Crippen LogP contribution in [0.2, 0.25) is 0 Å². The molecule has 0 atom stereocenters. The maximum atomic E-state index is 14.0. The summed E-state index contributed by atoms with van der Waals surface area (Å²) in [5.41, 5.74) is 2.18. The number of hydrogen-bond acceptors (Lipinski definition) is 5. The van der Waals surface area contributed by atoms with Crippen molar-refractivity contribution in [2.45, 2.75) is 19.8 Å². The summed E-state index contributed by atoms with van der Waals surface area (Å²) in [6.45, 7) is 1.82. The molecule has 0 unspecified atom stereocenters. The van der Waals surface area contributed by atoms with Crippen molar-refractivity contribution in [1.29, 1.82) is 0 Å². The normalized spacial score (nSPS) is 13.7. The van der Waals surface area contributed by atoms with Gasteiger partial charge in [-0.1, -0.05) is 6.07 Å². The van der Waals surface area contributed by atoms with Gasteiger partial charge in [0.15, 0.2) is 17.2 Å². The summed E-state index contributed by atoms with van der Waals surface area (Å²) in [5, 5.41) is 5.97. The Balaban J connectivity index is 1.75. The topological polar surface area (TPSA) is 91.9 Å². The van der Waals surface area contributed by atoms with Crippen molar-refractivity contribution < 1.29 is 13.9 Å². The number of imidazole rings is 1. The van der Waals surface area contributed by atoms with Crippen LogP contribution >= 0.6 is 0 Å². The Hall–Kier alpha value is -3.16. The molecular formula is C18H18FN5O2. The fourth-order valence-electron chi connectivity index (χ4n) is 2.80. The number of methoxy groups -OCH3 is 1. The van der Waals surface area contributed by atoms with E-state index in [1.165, 1.54) is 13.2 Å². The predicted octanol–water partition coefficient (Wildman–Crippen LogP) is 3.51. The minimum absolute atomic E-state index is 0.0395. The lowest BCUT2D eigenvalue weighted by Gasteiger charge is -2.13. The SMILES string of the molecule is COc1c(F)cccc1Nc1cc(NC(=O)C2CC2)nc2[nH]c(C)nc12.